The molecule has 3 fully saturated rings. The first-order valence-electron chi connectivity index (χ1n) is 9.60. The molecule has 2 aromatic heterocycles. The first-order chi connectivity index (χ1) is 12.8. The highest BCUT2D eigenvalue weighted by Crippen LogP contribution is 2.40. The number of hydrogen-bond donors (Lipinski definition) is 0. The SMILES string of the molecule is COc1cnc(N2CCC3CCN(Cc4cc(C5CC5)on4)C3C2)nc1. The number of aromatic nitrogens is 3. The van der Waals surface area contributed by atoms with Gasteiger partial charge in [-0.3, -0.25) is 4.90 Å². The predicted molar refractivity (Wildman–Crippen MR) is 96.2 cm³/mol. The molecule has 0 radical (unpaired) electrons. The Bertz CT molecular complexity index is 758. The van der Waals surface area contributed by atoms with Crippen LogP contribution in [-0.2, 0) is 6.54 Å². The van der Waals surface area contributed by atoms with Crippen LogP contribution in [0.4, 0.5) is 5.95 Å². The van der Waals surface area contributed by atoms with Crippen LogP contribution in [0, 0.1) is 5.92 Å². The smallest absolute Gasteiger partial charge is 0.225 e. The van der Waals surface area contributed by atoms with Crippen LogP contribution in [0.3, 0.4) is 0 Å². The van der Waals surface area contributed by atoms with Crippen LogP contribution < -0.4 is 9.64 Å². The van der Waals surface area contributed by atoms with Gasteiger partial charge in [0.05, 0.1) is 25.2 Å². The maximum atomic E-state index is 5.53. The van der Waals surface area contributed by atoms with Gasteiger partial charge in [-0.05, 0) is 38.1 Å². The van der Waals surface area contributed by atoms with E-state index >= 15 is 0 Å². The number of nitrogens with zero attached hydrogens (tertiary/aromatic N) is 5. The predicted octanol–water partition coefficient (Wildman–Crippen LogP) is 2.45. The topological polar surface area (TPSA) is 67.5 Å². The largest absolute Gasteiger partial charge is 0.494 e. The lowest BCUT2D eigenvalue weighted by molar-refractivity contribution is 0.195. The molecule has 0 aromatic carbocycles. The van der Waals surface area contributed by atoms with Gasteiger partial charge in [-0.2, -0.15) is 0 Å². The zero-order valence-electron chi connectivity index (χ0n) is 15.2. The Morgan fingerprint density at radius 1 is 1.15 bits per heavy atom. The van der Waals surface area contributed by atoms with Gasteiger partial charge in [0.25, 0.3) is 0 Å². The molecular weight excluding hydrogens is 330 g/mol. The van der Waals surface area contributed by atoms with E-state index in [4.69, 9.17) is 9.26 Å². The molecule has 7 nitrogen and oxygen atoms in total. The van der Waals surface area contributed by atoms with Gasteiger partial charge in [-0.15, -0.1) is 0 Å². The van der Waals surface area contributed by atoms with E-state index in [1.54, 1.807) is 19.5 Å². The Labute approximate surface area is 153 Å². The summed E-state index contributed by atoms with van der Waals surface area (Å²) < 4.78 is 10.7. The molecule has 0 spiro atoms. The summed E-state index contributed by atoms with van der Waals surface area (Å²) in [5, 5.41) is 4.31. The minimum atomic E-state index is 0.538. The molecule has 0 bridgehead atoms. The molecule has 2 saturated heterocycles. The van der Waals surface area contributed by atoms with Gasteiger partial charge in [0.15, 0.2) is 5.75 Å². The average Bonchev–Trinajstić information content (AvgIpc) is 3.31. The highest BCUT2D eigenvalue weighted by atomic mass is 16.5. The molecule has 26 heavy (non-hydrogen) atoms. The minimum absolute atomic E-state index is 0.538. The number of likely N-dealkylation sites (tertiary alicyclic amines) is 1. The maximum Gasteiger partial charge on any atom is 0.225 e. The molecular formula is C19H25N5O2. The first-order valence-corrected chi connectivity index (χ1v) is 9.60. The minimum Gasteiger partial charge on any atom is -0.494 e. The average molecular weight is 355 g/mol. The lowest BCUT2D eigenvalue weighted by Crippen LogP contribution is -2.48. The fourth-order valence-corrected chi connectivity index (χ4v) is 4.36. The highest BCUT2D eigenvalue weighted by molar-refractivity contribution is 5.33. The maximum absolute atomic E-state index is 5.53. The number of rotatable bonds is 5. The van der Waals surface area contributed by atoms with Crippen molar-refractivity contribution in [3.63, 3.8) is 0 Å². The second-order valence-corrected chi connectivity index (χ2v) is 7.74. The second-order valence-electron chi connectivity index (χ2n) is 7.74. The van der Waals surface area contributed by atoms with E-state index in [1.807, 2.05) is 0 Å². The summed E-state index contributed by atoms with van der Waals surface area (Å²) in [5.41, 5.74) is 1.07. The van der Waals surface area contributed by atoms with E-state index in [0.717, 1.165) is 49.5 Å². The summed E-state index contributed by atoms with van der Waals surface area (Å²) in [6.07, 6.45) is 8.46. The van der Waals surface area contributed by atoms with Crippen molar-refractivity contribution in [2.24, 2.45) is 5.92 Å². The highest BCUT2D eigenvalue weighted by Gasteiger charge is 2.39. The van der Waals surface area contributed by atoms with Gasteiger partial charge in [-0.1, -0.05) is 5.16 Å². The van der Waals surface area contributed by atoms with Crippen LogP contribution in [0.1, 0.15) is 43.1 Å². The Morgan fingerprint density at radius 3 is 2.73 bits per heavy atom. The monoisotopic (exact) mass is 355 g/mol. The van der Waals surface area contributed by atoms with Crippen LogP contribution in [-0.4, -0.2) is 52.8 Å². The van der Waals surface area contributed by atoms with Gasteiger partial charge >= 0.3 is 0 Å². The van der Waals surface area contributed by atoms with E-state index in [2.05, 4.69) is 31.0 Å². The van der Waals surface area contributed by atoms with Crippen molar-refractivity contribution in [2.75, 3.05) is 31.6 Å². The molecule has 1 saturated carbocycles. The van der Waals surface area contributed by atoms with Crippen molar-refractivity contribution in [2.45, 2.75) is 44.2 Å². The summed E-state index contributed by atoms with van der Waals surface area (Å²) in [6, 6.07) is 2.70. The second kappa shape index (κ2) is 6.54. The zero-order chi connectivity index (χ0) is 17.5. The molecule has 0 N–H and O–H groups in total. The molecule has 4 heterocycles. The fourth-order valence-electron chi connectivity index (χ4n) is 4.36. The fraction of sp³-hybridized carbons (Fsp3) is 0.632. The number of piperidine rings is 1. The molecule has 1 aliphatic carbocycles. The van der Waals surface area contributed by atoms with Crippen molar-refractivity contribution in [1.82, 2.24) is 20.0 Å². The summed E-state index contributed by atoms with van der Waals surface area (Å²) >= 11 is 0. The van der Waals surface area contributed by atoms with Crippen molar-refractivity contribution < 1.29 is 9.26 Å². The van der Waals surface area contributed by atoms with E-state index in [-0.39, 0.29) is 0 Å². The lowest BCUT2D eigenvalue weighted by atomic mass is 9.92. The number of ether oxygens (including phenoxy) is 1. The van der Waals surface area contributed by atoms with E-state index in [1.165, 1.54) is 25.7 Å². The number of hydrogen-bond acceptors (Lipinski definition) is 7. The zero-order valence-corrected chi connectivity index (χ0v) is 15.2. The molecule has 2 aliphatic heterocycles. The van der Waals surface area contributed by atoms with Crippen LogP contribution in [0.2, 0.25) is 0 Å². The summed E-state index contributed by atoms with van der Waals surface area (Å²) in [5.74, 6) is 3.96. The van der Waals surface area contributed by atoms with Gasteiger partial charge in [0, 0.05) is 37.7 Å². The standard InChI is InChI=1S/C19H25N5O2/c1-25-16-9-20-19(21-10-16)24-7-5-13-4-6-23(17(13)12-24)11-15-8-18(26-22-15)14-2-3-14/h8-10,13-14,17H,2-7,11-12H2,1H3. The molecule has 138 valence electrons. The molecule has 3 aliphatic rings. The molecule has 2 atom stereocenters. The van der Waals surface area contributed by atoms with Gasteiger partial charge in [-0.25, -0.2) is 9.97 Å². The Hall–Kier alpha value is -2.15. The Morgan fingerprint density at radius 2 is 1.96 bits per heavy atom. The van der Waals surface area contributed by atoms with E-state index in [9.17, 15) is 0 Å². The van der Waals surface area contributed by atoms with Crippen molar-refractivity contribution in [3.05, 3.63) is 29.9 Å². The molecule has 5 rings (SSSR count). The van der Waals surface area contributed by atoms with E-state index in [0.29, 0.717) is 17.7 Å². The summed E-state index contributed by atoms with van der Waals surface area (Å²) in [4.78, 5) is 13.8. The molecule has 7 heteroatoms. The van der Waals surface area contributed by atoms with Gasteiger partial charge in [0.1, 0.15) is 5.76 Å². The number of methoxy groups -OCH3 is 1. The van der Waals surface area contributed by atoms with Crippen LogP contribution >= 0.6 is 0 Å². The first kappa shape index (κ1) is 16.1. The summed E-state index contributed by atoms with van der Waals surface area (Å²) in [7, 11) is 1.64. The van der Waals surface area contributed by atoms with E-state index < -0.39 is 0 Å². The third-order valence-corrected chi connectivity index (χ3v) is 6.03. The van der Waals surface area contributed by atoms with Gasteiger partial charge in [0.2, 0.25) is 5.95 Å². The summed E-state index contributed by atoms with van der Waals surface area (Å²) in [6.45, 7) is 4.02. The normalized spacial score (nSPS) is 26.1. The number of anilines is 1. The van der Waals surface area contributed by atoms with Crippen LogP contribution in [0.15, 0.2) is 23.0 Å². The Kier molecular flexibility index (Phi) is 4.04. The van der Waals surface area contributed by atoms with Crippen LogP contribution in [0.25, 0.3) is 0 Å². The van der Waals surface area contributed by atoms with Crippen LogP contribution in [0.5, 0.6) is 5.75 Å². The Balaban J connectivity index is 1.27. The third kappa shape index (κ3) is 3.05. The molecule has 2 aromatic rings. The number of fused-ring (bicyclic) bond motifs is 1. The quantitative estimate of drug-likeness (QED) is 0.816. The molecule has 0 amide bonds. The van der Waals surface area contributed by atoms with Gasteiger partial charge < -0.3 is 14.2 Å². The molecule has 2 unspecified atom stereocenters. The van der Waals surface area contributed by atoms with Crippen molar-refractivity contribution in [1.29, 1.82) is 0 Å². The lowest BCUT2D eigenvalue weighted by Gasteiger charge is -2.38. The van der Waals surface area contributed by atoms with Crippen molar-refractivity contribution >= 4 is 5.95 Å². The van der Waals surface area contributed by atoms with Crippen molar-refractivity contribution in [3.8, 4) is 5.75 Å². The third-order valence-electron chi connectivity index (χ3n) is 6.03.